The number of carbonyl (C=O) groups is 2. The lowest BCUT2D eigenvalue weighted by Crippen LogP contribution is -2.49. The van der Waals surface area contributed by atoms with Crippen LogP contribution in [0.5, 0.6) is 5.75 Å². The van der Waals surface area contributed by atoms with Gasteiger partial charge in [-0.2, -0.15) is 0 Å². The molecule has 6 nitrogen and oxygen atoms in total. The van der Waals surface area contributed by atoms with Crippen LogP contribution in [0.1, 0.15) is 25.5 Å². The van der Waals surface area contributed by atoms with Crippen molar-refractivity contribution in [1.82, 2.24) is 10.2 Å². The third kappa shape index (κ3) is 4.42. The van der Waals surface area contributed by atoms with Gasteiger partial charge in [0.05, 0.1) is 23.9 Å². The molecule has 158 valence electrons. The van der Waals surface area contributed by atoms with Crippen molar-refractivity contribution in [1.29, 1.82) is 0 Å². The maximum atomic E-state index is 14.5. The minimum atomic E-state index is -1.03. The van der Waals surface area contributed by atoms with Crippen LogP contribution in [-0.2, 0) is 9.53 Å². The molecule has 0 bridgehead atoms. The van der Waals surface area contributed by atoms with E-state index >= 15 is 0 Å². The van der Waals surface area contributed by atoms with Crippen molar-refractivity contribution in [3.63, 3.8) is 0 Å². The molecule has 2 aromatic carbocycles. The normalized spacial score (nSPS) is 16.3. The lowest BCUT2D eigenvalue weighted by atomic mass is 9.94. The number of ether oxygens (including phenoxy) is 2. The molecule has 0 aromatic heterocycles. The molecule has 1 aliphatic heterocycles. The van der Waals surface area contributed by atoms with Gasteiger partial charge in [-0.25, -0.2) is 18.4 Å². The largest absolute Gasteiger partial charge is 0.487 e. The average Bonchev–Trinajstić information content (AvgIpc) is 2.73. The number of hydrogen-bond acceptors (Lipinski definition) is 4. The Kier molecular flexibility index (Phi) is 6.66. The number of amides is 2. The van der Waals surface area contributed by atoms with Crippen LogP contribution in [-0.4, -0.2) is 36.7 Å². The molecule has 0 radical (unpaired) electrons. The number of benzene rings is 2. The molecule has 1 N–H and O–H groups in total. The highest BCUT2D eigenvalue weighted by Crippen LogP contribution is 2.33. The van der Waals surface area contributed by atoms with E-state index in [2.05, 4.69) is 5.32 Å². The number of rotatable bonds is 7. The summed E-state index contributed by atoms with van der Waals surface area (Å²) in [5.41, 5.74) is 0.492. The Bertz CT molecular complexity index is 960. The summed E-state index contributed by atoms with van der Waals surface area (Å²) in [6, 6.07) is 9.73. The van der Waals surface area contributed by atoms with Crippen LogP contribution in [0.3, 0.4) is 0 Å². The Labute approximate surface area is 173 Å². The van der Waals surface area contributed by atoms with Crippen molar-refractivity contribution < 1.29 is 27.8 Å². The molecular weight excluding hydrogens is 394 g/mol. The summed E-state index contributed by atoms with van der Waals surface area (Å²) in [4.78, 5) is 26.9. The molecule has 0 spiro atoms. The molecule has 0 saturated heterocycles. The van der Waals surface area contributed by atoms with E-state index in [-0.39, 0.29) is 36.6 Å². The zero-order valence-corrected chi connectivity index (χ0v) is 16.7. The van der Waals surface area contributed by atoms with Crippen molar-refractivity contribution in [3.05, 3.63) is 77.0 Å². The number of carbonyl (C=O) groups excluding carboxylic acids is 2. The van der Waals surface area contributed by atoms with Crippen LogP contribution in [0, 0.1) is 11.6 Å². The maximum Gasteiger partial charge on any atom is 0.338 e. The second-order valence-electron chi connectivity index (χ2n) is 6.47. The predicted octanol–water partition coefficient (Wildman–Crippen LogP) is 3.95. The van der Waals surface area contributed by atoms with Crippen molar-refractivity contribution >= 4 is 12.0 Å². The van der Waals surface area contributed by atoms with E-state index in [1.165, 1.54) is 47.4 Å². The molecule has 1 atom stereocenters. The van der Waals surface area contributed by atoms with Gasteiger partial charge in [0, 0.05) is 12.1 Å². The zero-order valence-electron chi connectivity index (χ0n) is 16.7. The third-order valence-electron chi connectivity index (χ3n) is 4.66. The Morgan fingerprint density at radius 2 is 1.80 bits per heavy atom. The van der Waals surface area contributed by atoms with E-state index in [0.29, 0.717) is 5.75 Å². The summed E-state index contributed by atoms with van der Waals surface area (Å²) in [7, 11) is 0. The van der Waals surface area contributed by atoms with Gasteiger partial charge in [-0.15, -0.1) is 0 Å². The highest BCUT2D eigenvalue weighted by molar-refractivity contribution is 5.95. The van der Waals surface area contributed by atoms with Gasteiger partial charge in [0.15, 0.2) is 0 Å². The van der Waals surface area contributed by atoms with Gasteiger partial charge >= 0.3 is 12.0 Å². The first-order valence-electron chi connectivity index (χ1n) is 9.57. The SMILES string of the molecule is CCOC(=O)C1=C(COc2ccc(F)cc2)N(CC)C(=O)N[C@H]1c1ccccc1F. The van der Waals surface area contributed by atoms with Crippen LogP contribution in [0.25, 0.3) is 0 Å². The summed E-state index contributed by atoms with van der Waals surface area (Å²) in [5, 5.41) is 2.68. The van der Waals surface area contributed by atoms with Crippen LogP contribution < -0.4 is 10.1 Å². The molecule has 2 aromatic rings. The fourth-order valence-corrected chi connectivity index (χ4v) is 3.27. The van der Waals surface area contributed by atoms with E-state index in [4.69, 9.17) is 9.47 Å². The van der Waals surface area contributed by atoms with Gasteiger partial charge < -0.3 is 14.8 Å². The fraction of sp³-hybridized carbons (Fsp3) is 0.273. The van der Waals surface area contributed by atoms with Crippen molar-refractivity contribution in [3.8, 4) is 5.75 Å². The van der Waals surface area contributed by atoms with Crippen LogP contribution >= 0.6 is 0 Å². The minimum absolute atomic E-state index is 0.0884. The number of hydrogen-bond donors (Lipinski definition) is 1. The molecule has 1 heterocycles. The number of esters is 1. The summed E-state index contributed by atoms with van der Waals surface area (Å²) in [5.74, 6) is -1.30. The van der Waals surface area contributed by atoms with Gasteiger partial charge in [0.25, 0.3) is 0 Å². The Hall–Kier alpha value is -3.42. The standard InChI is InChI=1S/C22H22F2N2O4/c1-3-26-18(13-30-15-11-9-14(23)10-12-15)19(21(27)29-4-2)20(25-22(26)28)16-7-5-6-8-17(16)24/h5-12,20H,3-4,13H2,1-2H3,(H,25,28)/t20-/m0/s1. The van der Waals surface area contributed by atoms with Gasteiger partial charge in [-0.1, -0.05) is 18.2 Å². The third-order valence-corrected chi connectivity index (χ3v) is 4.66. The van der Waals surface area contributed by atoms with E-state index < -0.39 is 29.7 Å². The van der Waals surface area contributed by atoms with Crippen molar-refractivity contribution in [2.75, 3.05) is 19.8 Å². The van der Waals surface area contributed by atoms with Crippen LogP contribution in [0.4, 0.5) is 13.6 Å². The molecule has 1 aliphatic rings. The molecule has 3 rings (SSSR count). The Morgan fingerprint density at radius 3 is 2.43 bits per heavy atom. The molecule has 2 amide bonds. The second kappa shape index (κ2) is 9.39. The molecule has 8 heteroatoms. The lowest BCUT2D eigenvalue weighted by molar-refractivity contribution is -0.139. The first-order chi connectivity index (χ1) is 14.5. The number of likely N-dealkylation sites (N-methyl/N-ethyl adjacent to an activating group) is 1. The number of nitrogens with one attached hydrogen (secondary N) is 1. The first kappa shape index (κ1) is 21.3. The second-order valence-corrected chi connectivity index (χ2v) is 6.47. The average molecular weight is 416 g/mol. The van der Waals surface area contributed by atoms with Crippen molar-refractivity contribution in [2.24, 2.45) is 0 Å². The summed E-state index contributed by atoms with van der Waals surface area (Å²) >= 11 is 0. The molecule has 0 aliphatic carbocycles. The summed E-state index contributed by atoms with van der Waals surface area (Å²) in [6.07, 6.45) is 0. The van der Waals surface area contributed by atoms with Crippen LogP contribution in [0.15, 0.2) is 59.8 Å². The zero-order chi connectivity index (χ0) is 21.7. The van der Waals surface area contributed by atoms with Gasteiger partial charge in [-0.05, 0) is 44.2 Å². The molecule has 30 heavy (non-hydrogen) atoms. The van der Waals surface area contributed by atoms with E-state index in [1.807, 2.05) is 0 Å². The Morgan fingerprint density at radius 1 is 1.10 bits per heavy atom. The van der Waals surface area contributed by atoms with E-state index in [9.17, 15) is 18.4 Å². The van der Waals surface area contributed by atoms with Gasteiger partial charge in [0.1, 0.15) is 24.0 Å². The highest BCUT2D eigenvalue weighted by Gasteiger charge is 2.38. The first-order valence-corrected chi connectivity index (χ1v) is 9.57. The predicted molar refractivity (Wildman–Crippen MR) is 106 cm³/mol. The topological polar surface area (TPSA) is 67.9 Å². The van der Waals surface area contributed by atoms with Crippen LogP contribution in [0.2, 0.25) is 0 Å². The quantitative estimate of drug-likeness (QED) is 0.694. The Balaban J connectivity index is 2.07. The monoisotopic (exact) mass is 416 g/mol. The van der Waals surface area contributed by atoms with Gasteiger partial charge in [0.2, 0.25) is 0 Å². The van der Waals surface area contributed by atoms with Crippen molar-refractivity contribution in [2.45, 2.75) is 19.9 Å². The molecule has 0 saturated carbocycles. The van der Waals surface area contributed by atoms with Gasteiger partial charge in [-0.3, -0.25) is 4.90 Å². The minimum Gasteiger partial charge on any atom is -0.487 e. The summed E-state index contributed by atoms with van der Waals surface area (Å²) in [6.45, 7) is 3.60. The lowest BCUT2D eigenvalue weighted by Gasteiger charge is -2.36. The fourth-order valence-electron chi connectivity index (χ4n) is 3.27. The van der Waals surface area contributed by atoms with E-state index in [1.54, 1.807) is 19.9 Å². The number of urea groups is 1. The number of halogens is 2. The maximum absolute atomic E-state index is 14.5. The molecular formula is C22H22F2N2O4. The molecule has 0 unspecified atom stereocenters. The number of nitrogens with zero attached hydrogens (tertiary/aromatic N) is 1. The molecule has 0 fully saturated rings. The smallest absolute Gasteiger partial charge is 0.338 e. The highest BCUT2D eigenvalue weighted by atomic mass is 19.1. The van der Waals surface area contributed by atoms with E-state index in [0.717, 1.165) is 0 Å². The summed E-state index contributed by atoms with van der Waals surface area (Å²) < 4.78 is 38.6.